The first kappa shape index (κ1) is 22.2. The summed E-state index contributed by atoms with van der Waals surface area (Å²) in [5.74, 6) is 0.0127. The third-order valence-electron chi connectivity index (χ3n) is 5.99. The minimum Gasteiger partial charge on any atom is -0.343 e. The molecular formula is C25H27ClN4O2. The van der Waals surface area contributed by atoms with E-state index in [1.165, 1.54) is 0 Å². The van der Waals surface area contributed by atoms with Crippen LogP contribution in [0.4, 0.5) is 0 Å². The number of halogens is 1. The molecule has 166 valence electrons. The Morgan fingerprint density at radius 3 is 2.47 bits per heavy atom. The molecule has 4 rings (SSSR count). The highest BCUT2D eigenvalue weighted by Crippen LogP contribution is 2.24. The minimum absolute atomic E-state index is 0.0181. The summed E-state index contributed by atoms with van der Waals surface area (Å²) in [6.45, 7) is 3.15. The molecule has 7 heteroatoms. The summed E-state index contributed by atoms with van der Waals surface area (Å²) in [5, 5.41) is 3.87. The average Bonchev–Trinajstić information content (AvgIpc) is 2.83. The monoisotopic (exact) mass is 450 g/mol. The van der Waals surface area contributed by atoms with Gasteiger partial charge < -0.3 is 14.8 Å². The predicted octanol–water partition coefficient (Wildman–Crippen LogP) is 3.51. The summed E-state index contributed by atoms with van der Waals surface area (Å²) in [4.78, 5) is 31.8. The van der Waals surface area contributed by atoms with Crippen LogP contribution in [-0.2, 0) is 11.3 Å². The molecule has 0 radical (unpaired) electrons. The highest BCUT2D eigenvalue weighted by Gasteiger charge is 2.27. The third-order valence-corrected chi connectivity index (χ3v) is 6.24. The fraction of sp³-hybridized carbons (Fsp3) is 0.320. The van der Waals surface area contributed by atoms with Crippen LogP contribution in [0.15, 0.2) is 77.9 Å². The Morgan fingerprint density at radius 1 is 1.03 bits per heavy atom. The maximum atomic E-state index is 13.1. The van der Waals surface area contributed by atoms with Crippen LogP contribution in [0.1, 0.15) is 30.1 Å². The van der Waals surface area contributed by atoms with Crippen LogP contribution < -0.4 is 10.9 Å². The van der Waals surface area contributed by atoms with E-state index in [1.54, 1.807) is 22.9 Å². The van der Waals surface area contributed by atoms with Crippen molar-refractivity contribution in [3.63, 3.8) is 0 Å². The van der Waals surface area contributed by atoms with E-state index in [4.69, 9.17) is 11.6 Å². The van der Waals surface area contributed by atoms with E-state index < -0.39 is 0 Å². The van der Waals surface area contributed by atoms with Crippen molar-refractivity contribution in [2.45, 2.75) is 25.4 Å². The van der Waals surface area contributed by atoms with E-state index in [1.807, 2.05) is 54.7 Å². The van der Waals surface area contributed by atoms with Crippen molar-refractivity contribution >= 4 is 17.5 Å². The molecule has 0 unspecified atom stereocenters. The lowest BCUT2D eigenvalue weighted by atomic mass is 9.94. The van der Waals surface area contributed by atoms with Gasteiger partial charge in [0.1, 0.15) is 0 Å². The largest absolute Gasteiger partial charge is 0.343 e. The molecule has 2 aromatic heterocycles. The minimum atomic E-state index is -0.316. The van der Waals surface area contributed by atoms with E-state index in [9.17, 15) is 9.59 Å². The fourth-order valence-corrected chi connectivity index (χ4v) is 4.23. The van der Waals surface area contributed by atoms with Gasteiger partial charge in [0.15, 0.2) is 0 Å². The number of rotatable bonds is 7. The number of nitrogens with one attached hydrogen (secondary N) is 1. The molecule has 1 aromatic carbocycles. The molecule has 1 N–H and O–H groups in total. The smallest absolute Gasteiger partial charge is 0.250 e. The third kappa shape index (κ3) is 5.64. The van der Waals surface area contributed by atoms with Gasteiger partial charge in [-0.3, -0.25) is 14.6 Å². The number of benzene rings is 1. The highest BCUT2D eigenvalue weighted by molar-refractivity contribution is 6.30. The van der Waals surface area contributed by atoms with Gasteiger partial charge in [-0.25, -0.2) is 0 Å². The molecule has 1 aliphatic heterocycles. The Balaban J connectivity index is 1.35. The van der Waals surface area contributed by atoms with E-state index >= 15 is 0 Å². The molecule has 3 aromatic rings. The number of carbonyl (C=O) groups is 1. The Morgan fingerprint density at radius 2 is 1.78 bits per heavy atom. The van der Waals surface area contributed by atoms with Crippen molar-refractivity contribution in [2.75, 3.05) is 19.6 Å². The number of piperidine rings is 1. The van der Waals surface area contributed by atoms with Crippen molar-refractivity contribution in [1.29, 1.82) is 0 Å². The second-order valence-corrected chi connectivity index (χ2v) is 8.53. The van der Waals surface area contributed by atoms with Crippen LogP contribution in [0, 0.1) is 5.92 Å². The molecular weight excluding hydrogens is 424 g/mol. The Kier molecular flexibility index (Phi) is 7.35. The fourth-order valence-electron chi connectivity index (χ4n) is 4.10. The van der Waals surface area contributed by atoms with E-state index in [0.29, 0.717) is 11.6 Å². The van der Waals surface area contributed by atoms with Crippen LogP contribution >= 0.6 is 11.6 Å². The standard InChI is InChI=1S/C25H27ClN4O2/c26-21-9-7-19(8-10-21)24(22-5-1-3-13-27-22)28-25(32)20-11-15-29(16-12-20)17-18-30-14-4-2-6-23(30)31/h1-10,13-14,20,24H,11-12,15-18H2,(H,28,32)/t24-/m0/s1. The van der Waals surface area contributed by atoms with Crippen LogP contribution in [0.25, 0.3) is 0 Å². The van der Waals surface area contributed by atoms with E-state index in [2.05, 4.69) is 15.2 Å². The number of pyridine rings is 2. The van der Waals surface area contributed by atoms with Crippen LogP contribution in [0.2, 0.25) is 5.02 Å². The van der Waals surface area contributed by atoms with Gasteiger partial charge >= 0.3 is 0 Å². The maximum absolute atomic E-state index is 13.1. The number of hydrogen-bond acceptors (Lipinski definition) is 4. The summed E-state index contributed by atoms with van der Waals surface area (Å²) in [6.07, 6.45) is 5.15. The van der Waals surface area contributed by atoms with E-state index in [-0.39, 0.29) is 23.4 Å². The lowest BCUT2D eigenvalue weighted by Crippen LogP contribution is -2.43. The molecule has 0 spiro atoms. The van der Waals surface area contributed by atoms with Gasteiger partial charge in [-0.15, -0.1) is 0 Å². The van der Waals surface area contributed by atoms with Crippen LogP contribution in [-0.4, -0.2) is 40.0 Å². The molecule has 1 aliphatic rings. The number of carbonyl (C=O) groups excluding carboxylic acids is 1. The lowest BCUT2D eigenvalue weighted by molar-refractivity contribution is -0.127. The zero-order valence-electron chi connectivity index (χ0n) is 17.9. The molecule has 1 atom stereocenters. The van der Waals surface area contributed by atoms with Crippen LogP contribution in [0.5, 0.6) is 0 Å². The molecule has 0 saturated carbocycles. The summed E-state index contributed by atoms with van der Waals surface area (Å²) in [5.41, 5.74) is 1.77. The molecule has 1 saturated heterocycles. The average molecular weight is 451 g/mol. The van der Waals surface area contributed by atoms with Gasteiger partial charge in [-0.05, 0) is 61.8 Å². The van der Waals surface area contributed by atoms with Gasteiger partial charge in [-0.2, -0.15) is 0 Å². The maximum Gasteiger partial charge on any atom is 0.250 e. The topological polar surface area (TPSA) is 67.2 Å². The molecule has 1 fully saturated rings. The SMILES string of the molecule is O=C(N[C@@H](c1ccc(Cl)cc1)c1ccccn1)C1CCN(CCn2ccccc2=O)CC1. The zero-order valence-corrected chi connectivity index (χ0v) is 18.6. The summed E-state index contributed by atoms with van der Waals surface area (Å²) in [7, 11) is 0. The van der Waals surface area contributed by atoms with Gasteiger partial charge in [0.05, 0.1) is 11.7 Å². The summed E-state index contributed by atoms with van der Waals surface area (Å²) in [6, 6.07) is 18.1. The lowest BCUT2D eigenvalue weighted by Gasteiger charge is -2.32. The van der Waals surface area contributed by atoms with Crippen molar-refractivity contribution in [1.82, 2.24) is 19.8 Å². The van der Waals surface area contributed by atoms with E-state index in [0.717, 1.165) is 43.7 Å². The Hall–Kier alpha value is -2.96. The van der Waals surface area contributed by atoms with Crippen molar-refractivity contribution < 1.29 is 4.79 Å². The second-order valence-electron chi connectivity index (χ2n) is 8.10. The second kappa shape index (κ2) is 10.6. The molecule has 6 nitrogen and oxygen atoms in total. The molecule has 3 heterocycles. The van der Waals surface area contributed by atoms with Crippen molar-refractivity contribution in [3.8, 4) is 0 Å². The van der Waals surface area contributed by atoms with Gasteiger partial charge in [0.25, 0.3) is 5.56 Å². The van der Waals surface area contributed by atoms with Crippen LogP contribution in [0.3, 0.4) is 0 Å². The summed E-state index contributed by atoms with van der Waals surface area (Å²) < 4.78 is 1.72. The summed E-state index contributed by atoms with van der Waals surface area (Å²) >= 11 is 6.05. The molecule has 1 amide bonds. The molecule has 0 bridgehead atoms. The highest BCUT2D eigenvalue weighted by atomic mass is 35.5. The predicted molar refractivity (Wildman–Crippen MR) is 126 cm³/mol. The van der Waals surface area contributed by atoms with Crippen molar-refractivity contribution in [3.05, 3.63) is 99.7 Å². The number of hydrogen-bond donors (Lipinski definition) is 1. The van der Waals surface area contributed by atoms with Crippen molar-refractivity contribution in [2.24, 2.45) is 5.92 Å². The molecule has 32 heavy (non-hydrogen) atoms. The first-order valence-corrected chi connectivity index (χ1v) is 11.3. The molecule has 0 aliphatic carbocycles. The number of amides is 1. The normalized spacial score (nSPS) is 15.9. The van der Waals surface area contributed by atoms with Gasteiger partial charge in [-0.1, -0.05) is 35.9 Å². The first-order valence-electron chi connectivity index (χ1n) is 10.9. The Labute approximate surface area is 192 Å². The quantitative estimate of drug-likeness (QED) is 0.598. The Bertz CT molecular complexity index is 1080. The zero-order chi connectivity index (χ0) is 22.3. The first-order chi connectivity index (χ1) is 15.6. The number of nitrogens with zero attached hydrogens (tertiary/aromatic N) is 3. The number of likely N-dealkylation sites (tertiary alicyclic amines) is 1. The van der Waals surface area contributed by atoms with Gasteiger partial charge in [0, 0.05) is 42.5 Å². The van der Waals surface area contributed by atoms with Gasteiger partial charge in [0.2, 0.25) is 5.91 Å². The number of aromatic nitrogens is 2.